The summed E-state index contributed by atoms with van der Waals surface area (Å²) in [6, 6.07) is 69.5. The third-order valence-corrected chi connectivity index (χ3v) is 16.4. The van der Waals surface area contributed by atoms with Gasteiger partial charge in [-0.25, -0.2) is 0 Å². The van der Waals surface area contributed by atoms with Gasteiger partial charge in [0.15, 0.2) is 0 Å². The van der Waals surface area contributed by atoms with E-state index in [0.29, 0.717) is 34.1 Å². The maximum atomic E-state index is 7.18. The standard InChI is InChI=1S/C75H63N5O3.Pt/c1-42(2)55-34-51(48-22-13-11-14-23-48)35-56(43(3)4)71(55)79-65-30-19-17-28-63(65)77-74(79)50-26-21-27-53(33-50)81-54-38-60-59-40-68-61(70-47(10)76-46(9)32-69(70)82-68)41-67(59)83-73(60)62(39-54)75-78-64-29-18-20-31-66(64)80(75)72-57(44(5)6)36-52(37-58(72)45(7)8)49-24-15-12-16-25-49;/h11-32,34-38,40-45H,1-10H3;/q-2;+2. The molecule has 0 radical (unpaired) electrons. The molecule has 0 N–H and O–H groups in total. The zero-order valence-corrected chi connectivity index (χ0v) is 51.1. The number of rotatable bonds is 12. The number of aromatic nitrogens is 5. The third kappa shape index (κ3) is 9.23. The molecule has 5 aromatic heterocycles. The van der Waals surface area contributed by atoms with Gasteiger partial charge in [-0.3, -0.25) is 15.0 Å². The SMILES string of the molecule is Cc1cc2oc3cc4c(cc3c2c(C)n1)oc1c(-c2nc3ccccc3n2-c2c(C(C)C)cc(-c3ccccc3)cc2C(C)C)[c-]c(Oc2[c-]c(-c3nc5ccccc5n3-c3c(C(C)C)cc(-c5ccccc5)cc3C(C)C)ccc2)cc14.[Pt+2]. The summed E-state index contributed by atoms with van der Waals surface area (Å²) in [5, 5.41) is 3.63. The minimum atomic E-state index is 0. The fraction of sp³-hybridized carbons (Fsp3) is 0.187. The van der Waals surface area contributed by atoms with E-state index in [2.05, 4.69) is 228 Å². The molecular formula is C75H63N5O3Pt. The average molecular weight is 1280 g/mol. The van der Waals surface area contributed by atoms with Gasteiger partial charge >= 0.3 is 21.1 Å². The molecule has 14 aromatic rings. The van der Waals surface area contributed by atoms with Gasteiger partial charge in [-0.05, 0) is 143 Å². The predicted octanol–water partition coefficient (Wildman–Crippen LogP) is 20.7. The van der Waals surface area contributed by atoms with Gasteiger partial charge in [-0.2, -0.15) is 0 Å². The summed E-state index contributed by atoms with van der Waals surface area (Å²) in [4.78, 5) is 15.8. The zero-order chi connectivity index (χ0) is 56.9. The fourth-order valence-electron chi connectivity index (χ4n) is 12.5. The molecule has 0 aliphatic carbocycles. The molecule has 0 amide bonds. The topological polar surface area (TPSA) is 84.0 Å². The van der Waals surface area contributed by atoms with Crippen molar-refractivity contribution in [1.29, 1.82) is 0 Å². The van der Waals surface area contributed by atoms with Crippen LogP contribution in [0.4, 0.5) is 0 Å². The molecule has 9 heteroatoms. The minimum absolute atomic E-state index is 0. The molecule has 9 aromatic carbocycles. The molecule has 0 aliphatic heterocycles. The number of hydrogen-bond donors (Lipinski definition) is 0. The minimum Gasteiger partial charge on any atom is -0.501 e. The summed E-state index contributed by atoms with van der Waals surface area (Å²) in [5.74, 6) is 3.19. The van der Waals surface area contributed by atoms with Crippen molar-refractivity contribution in [3.63, 3.8) is 0 Å². The van der Waals surface area contributed by atoms with Gasteiger partial charge in [0.05, 0.1) is 39.3 Å². The van der Waals surface area contributed by atoms with Crippen molar-refractivity contribution in [2.75, 3.05) is 0 Å². The van der Waals surface area contributed by atoms with Gasteiger partial charge in [-0.15, -0.1) is 23.8 Å². The van der Waals surface area contributed by atoms with Crippen LogP contribution in [0.1, 0.15) is 113 Å². The molecule has 14 rings (SSSR count). The first-order chi connectivity index (χ1) is 40.3. The molecule has 0 bridgehead atoms. The number of fused-ring (bicyclic) bond motifs is 8. The zero-order valence-electron chi connectivity index (χ0n) is 48.8. The van der Waals surface area contributed by atoms with Crippen molar-refractivity contribution in [1.82, 2.24) is 24.1 Å². The van der Waals surface area contributed by atoms with Gasteiger partial charge in [0.1, 0.15) is 16.7 Å². The van der Waals surface area contributed by atoms with E-state index < -0.39 is 0 Å². The average Bonchev–Trinajstić information content (AvgIpc) is 2.39. The molecule has 5 heterocycles. The Hall–Kier alpha value is -8.84. The van der Waals surface area contributed by atoms with Gasteiger partial charge in [0, 0.05) is 56.5 Å². The number of para-hydroxylation sites is 4. The molecule has 8 nitrogen and oxygen atoms in total. The van der Waals surface area contributed by atoms with Crippen molar-refractivity contribution in [3.05, 3.63) is 222 Å². The number of aryl methyl sites for hydroxylation is 2. The Morgan fingerprint density at radius 2 is 0.929 bits per heavy atom. The van der Waals surface area contributed by atoms with Crippen molar-refractivity contribution in [2.24, 2.45) is 0 Å². The van der Waals surface area contributed by atoms with Crippen molar-refractivity contribution in [3.8, 4) is 67.9 Å². The smallest absolute Gasteiger partial charge is 0.501 e. The summed E-state index contributed by atoms with van der Waals surface area (Å²) in [6.45, 7) is 22.3. The second kappa shape index (κ2) is 21.4. The summed E-state index contributed by atoms with van der Waals surface area (Å²) >= 11 is 0. The third-order valence-electron chi connectivity index (χ3n) is 16.4. The second-order valence-corrected chi connectivity index (χ2v) is 23.4. The monoisotopic (exact) mass is 1280 g/mol. The van der Waals surface area contributed by atoms with E-state index >= 15 is 0 Å². The Labute approximate surface area is 504 Å². The van der Waals surface area contributed by atoms with Gasteiger partial charge < -0.3 is 22.7 Å². The van der Waals surface area contributed by atoms with Gasteiger partial charge in [-0.1, -0.05) is 169 Å². The predicted molar refractivity (Wildman–Crippen MR) is 340 cm³/mol. The van der Waals surface area contributed by atoms with Crippen LogP contribution in [0, 0.1) is 26.0 Å². The van der Waals surface area contributed by atoms with E-state index in [4.69, 9.17) is 28.5 Å². The molecule has 0 aliphatic rings. The van der Waals surface area contributed by atoms with Crippen LogP contribution >= 0.6 is 0 Å². The van der Waals surface area contributed by atoms with E-state index in [1.54, 1.807) is 0 Å². The number of hydrogen-bond acceptors (Lipinski definition) is 6. The number of ether oxygens (including phenoxy) is 1. The molecule has 0 saturated heterocycles. The Bertz CT molecular complexity index is 4810. The Balaban J connectivity index is 0.00000658. The number of nitrogens with zero attached hydrogens (tertiary/aromatic N) is 5. The molecule has 0 fully saturated rings. The van der Waals surface area contributed by atoms with E-state index in [0.717, 1.165) is 88.9 Å². The summed E-state index contributed by atoms with van der Waals surface area (Å²) < 4.78 is 25.7. The van der Waals surface area contributed by atoms with Crippen LogP contribution in [0.2, 0.25) is 0 Å². The van der Waals surface area contributed by atoms with Crippen LogP contribution in [0.25, 0.3) is 122 Å². The van der Waals surface area contributed by atoms with Crippen LogP contribution in [0.15, 0.2) is 185 Å². The maximum absolute atomic E-state index is 7.18. The Morgan fingerprint density at radius 1 is 0.429 bits per heavy atom. The largest absolute Gasteiger partial charge is 2.00 e. The Kier molecular flexibility index (Phi) is 13.9. The molecule has 84 heavy (non-hydrogen) atoms. The van der Waals surface area contributed by atoms with Crippen molar-refractivity contribution in [2.45, 2.75) is 92.9 Å². The van der Waals surface area contributed by atoms with Gasteiger partial charge in [0.25, 0.3) is 0 Å². The van der Waals surface area contributed by atoms with Crippen LogP contribution in [0.5, 0.6) is 11.5 Å². The molecule has 0 atom stereocenters. The first kappa shape index (κ1) is 54.4. The molecule has 0 saturated carbocycles. The number of furan rings is 2. The number of imidazole rings is 2. The van der Waals surface area contributed by atoms with Crippen LogP contribution in [-0.4, -0.2) is 24.1 Å². The molecular weight excluding hydrogens is 1210 g/mol. The summed E-state index contributed by atoms with van der Waals surface area (Å²) in [7, 11) is 0. The summed E-state index contributed by atoms with van der Waals surface area (Å²) in [6.07, 6.45) is 0. The van der Waals surface area contributed by atoms with E-state index in [-0.39, 0.29) is 44.7 Å². The summed E-state index contributed by atoms with van der Waals surface area (Å²) in [5.41, 5.74) is 21.8. The van der Waals surface area contributed by atoms with Crippen molar-refractivity contribution < 1.29 is 34.6 Å². The van der Waals surface area contributed by atoms with E-state index in [1.165, 1.54) is 44.5 Å². The number of pyridine rings is 1. The first-order valence-corrected chi connectivity index (χ1v) is 29.0. The van der Waals surface area contributed by atoms with Crippen molar-refractivity contribution >= 4 is 65.9 Å². The Morgan fingerprint density at radius 3 is 1.49 bits per heavy atom. The van der Waals surface area contributed by atoms with Crippen LogP contribution < -0.4 is 4.74 Å². The second-order valence-electron chi connectivity index (χ2n) is 23.4. The van der Waals surface area contributed by atoms with Crippen LogP contribution in [0.3, 0.4) is 0 Å². The molecule has 0 unspecified atom stereocenters. The van der Waals surface area contributed by atoms with Gasteiger partial charge in [0.2, 0.25) is 0 Å². The first-order valence-electron chi connectivity index (χ1n) is 29.0. The van der Waals surface area contributed by atoms with Crippen LogP contribution in [-0.2, 0) is 21.1 Å². The number of benzene rings is 9. The fourth-order valence-corrected chi connectivity index (χ4v) is 12.5. The van der Waals surface area contributed by atoms with E-state index in [9.17, 15) is 0 Å². The maximum Gasteiger partial charge on any atom is 2.00 e. The van der Waals surface area contributed by atoms with E-state index in [1.807, 2.05) is 38.1 Å². The quantitative estimate of drug-likeness (QED) is 0.113. The molecule has 416 valence electrons. The normalized spacial score (nSPS) is 12.0. The molecule has 0 spiro atoms.